The maximum atomic E-state index is 5.88. The molecule has 5 rings (SSSR count). The second-order valence-corrected chi connectivity index (χ2v) is 9.59. The fourth-order valence-electron chi connectivity index (χ4n) is 5.00. The van der Waals surface area contributed by atoms with Gasteiger partial charge in [0.1, 0.15) is 0 Å². The van der Waals surface area contributed by atoms with E-state index in [1.807, 2.05) is 18.3 Å². The minimum absolute atomic E-state index is 0.00252. The second kappa shape index (κ2) is 10.3. The summed E-state index contributed by atoms with van der Waals surface area (Å²) in [4.78, 5) is 9.54. The molecule has 2 unspecified atom stereocenters. The number of aryl methyl sites for hydroxylation is 2. The zero-order valence-corrected chi connectivity index (χ0v) is 20.8. The topological polar surface area (TPSA) is 45.6 Å². The van der Waals surface area contributed by atoms with E-state index in [0.29, 0.717) is 0 Å². The Morgan fingerprint density at radius 1 is 1.03 bits per heavy atom. The van der Waals surface area contributed by atoms with Crippen molar-refractivity contribution >= 4 is 17.3 Å². The van der Waals surface area contributed by atoms with E-state index >= 15 is 0 Å². The highest BCUT2D eigenvalue weighted by atomic mass is 32.1. The second-order valence-electron chi connectivity index (χ2n) is 9.20. The van der Waals surface area contributed by atoms with E-state index in [4.69, 9.17) is 21.9 Å². The first kappa shape index (κ1) is 23.0. The van der Waals surface area contributed by atoms with Gasteiger partial charge in [0, 0.05) is 50.0 Å². The van der Waals surface area contributed by atoms with E-state index in [1.165, 1.54) is 22.5 Å². The van der Waals surface area contributed by atoms with Gasteiger partial charge in [0.25, 0.3) is 0 Å². The Morgan fingerprint density at radius 2 is 1.88 bits per heavy atom. The fourth-order valence-corrected chi connectivity index (χ4v) is 5.33. The van der Waals surface area contributed by atoms with Crippen LogP contribution in [0.25, 0.3) is 5.69 Å². The van der Waals surface area contributed by atoms with Crippen molar-refractivity contribution in [1.82, 2.24) is 24.7 Å². The molecule has 2 fully saturated rings. The Hall–Kier alpha value is -2.74. The average Bonchev–Trinajstić information content (AvgIpc) is 3.47. The highest BCUT2D eigenvalue weighted by Crippen LogP contribution is 2.39. The van der Waals surface area contributed by atoms with E-state index in [2.05, 4.69) is 76.1 Å². The van der Waals surface area contributed by atoms with Gasteiger partial charge in [0.2, 0.25) is 0 Å². The SMILES string of the molecule is Cc1ccc(-n2cccc2C2C(c3ccccn3)NC(=S)N2CCCN2CCOCC2)cc1C. The third-order valence-corrected chi connectivity index (χ3v) is 7.38. The standard InChI is InChI=1S/C27H33N5OS/c1-20-9-10-22(19-21(20)2)31-13-5-8-24(31)26-25(23-7-3-4-11-28-23)29-27(34)32(26)14-6-12-30-15-17-33-18-16-30/h3-5,7-11,13,19,25-26H,6,12,14-18H2,1-2H3,(H,29,34). The van der Waals surface area contributed by atoms with Crippen molar-refractivity contribution < 1.29 is 4.74 Å². The van der Waals surface area contributed by atoms with Crippen LogP contribution in [0.2, 0.25) is 0 Å². The van der Waals surface area contributed by atoms with E-state index in [1.54, 1.807) is 0 Å². The molecule has 1 aromatic carbocycles. The van der Waals surface area contributed by atoms with Crippen molar-refractivity contribution in [3.63, 3.8) is 0 Å². The molecule has 34 heavy (non-hydrogen) atoms. The summed E-state index contributed by atoms with van der Waals surface area (Å²) < 4.78 is 7.81. The fraction of sp³-hybridized carbons (Fsp3) is 0.407. The molecule has 0 spiro atoms. The molecule has 0 amide bonds. The first-order valence-corrected chi connectivity index (χ1v) is 12.6. The summed E-state index contributed by atoms with van der Waals surface area (Å²) in [5, 5.41) is 4.40. The molecule has 0 saturated carbocycles. The van der Waals surface area contributed by atoms with Crippen LogP contribution in [0, 0.1) is 13.8 Å². The van der Waals surface area contributed by atoms with Crippen LogP contribution in [0.3, 0.4) is 0 Å². The van der Waals surface area contributed by atoms with Crippen molar-refractivity contribution in [2.75, 3.05) is 39.4 Å². The van der Waals surface area contributed by atoms with Crippen molar-refractivity contribution in [3.05, 3.63) is 83.4 Å². The molecule has 6 nitrogen and oxygen atoms in total. The zero-order valence-electron chi connectivity index (χ0n) is 20.0. The number of hydrogen-bond acceptors (Lipinski definition) is 4. The quantitative estimate of drug-likeness (QED) is 0.517. The van der Waals surface area contributed by atoms with Crippen molar-refractivity contribution in [2.24, 2.45) is 0 Å². The minimum atomic E-state index is -0.00252. The Kier molecular flexibility index (Phi) is 6.94. The van der Waals surface area contributed by atoms with E-state index in [0.717, 1.165) is 56.6 Å². The normalized spacial score (nSPS) is 21.1. The average molecular weight is 476 g/mol. The smallest absolute Gasteiger partial charge is 0.170 e. The number of hydrogen-bond donors (Lipinski definition) is 1. The lowest BCUT2D eigenvalue weighted by atomic mass is 10.0. The highest BCUT2D eigenvalue weighted by molar-refractivity contribution is 7.80. The number of aromatic nitrogens is 2. The Balaban J connectivity index is 1.45. The van der Waals surface area contributed by atoms with Gasteiger partial charge in [-0.3, -0.25) is 9.88 Å². The van der Waals surface area contributed by atoms with Crippen LogP contribution in [0.4, 0.5) is 0 Å². The minimum Gasteiger partial charge on any atom is -0.379 e. The Bertz CT molecular complexity index is 1130. The maximum absolute atomic E-state index is 5.88. The van der Waals surface area contributed by atoms with Gasteiger partial charge >= 0.3 is 0 Å². The van der Waals surface area contributed by atoms with Crippen molar-refractivity contribution in [2.45, 2.75) is 32.4 Å². The monoisotopic (exact) mass is 475 g/mol. The Morgan fingerprint density at radius 3 is 2.65 bits per heavy atom. The van der Waals surface area contributed by atoms with Gasteiger partial charge < -0.3 is 19.5 Å². The number of thiocarbonyl (C=S) groups is 1. The molecule has 0 aliphatic carbocycles. The molecule has 2 aromatic heterocycles. The number of ether oxygens (including phenoxy) is 1. The van der Waals surface area contributed by atoms with Crippen molar-refractivity contribution in [1.29, 1.82) is 0 Å². The molecular weight excluding hydrogens is 442 g/mol. The highest BCUT2D eigenvalue weighted by Gasteiger charge is 2.41. The van der Waals surface area contributed by atoms with Gasteiger partial charge in [-0.2, -0.15) is 0 Å². The number of benzene rings is 1. The molecule has 7 heteroatoms. The maximum Gasteiger partial charge on any atom is 0.170 e. The number of pyridine rings is 1. The lowest BCUT2D eigenvalue weighted by Crippen LogP contribution is -2.39. The first-order chi connectivity index (χ1) is 16.6. The van der Waals surface area contributed by atoms with Gasteiger partial charge in [0.15, 0.2) is 5.11 Å². The van der Waals surface area contributed by atoms with Gasteiger partial charge in [0.05, 0.1) is 31.0 Å². The summed E-state index contributed by atoms with van der Waals surface area (Å²) >= 11 is 5.88. The predicted octanol–water partition coefficient (Wildman–Crippen LogP) is 4.18. The van der Waals surface area contributed by atoms with Gasteiger partial charge in [-0.25, -0.2) is 0 Å². The van der Waals surface area contributed by atoms with Crippen molar-refractivity contribution in [3.8, 4) is 5.69 Å². The number of nitrogens with zero attached hydrogens (tertiary/aromatic N) is 4. The number of rotatable bonds is 7. The van der Waals surface area contributed by atoms with Crippen LogP contribution in [-0.2, 0) is 4.74 Å². The lowest BCUT2D eigenvalue weighted by molar-refractivity contribution is 0.0365. The van der Waals surface area contributed by atoms with Gasteiger partial charge in [-0.1, -0.05) is 12.1 Å². The summed E-state index contributed by atoms with van der Waals surface area (Å²) in [6, 6.07) is 17.2. The zero-order chi connectivity index (χ0) is 23.5. The molecule has 2 saturated heterocycles. The largest absolute Gasteiger partial charge is 0.379 e. The summed E-state index contributed by atoms with van der Waals surface area (Å²) in [5.74, 6) is 0. The summed E-state index contributed by atoms with van der Waals surface area (Å²) in [6.07, 6.45) is 5.07. The van der Waals surface area contributed by atoms with Crippen LogP contribution < -0.4 is 5.32 Å². The molecule has 3 aromatic rings. The molecule has 178 valence electrons. The van der Waals surface area contributed by atoms with Crippen LogP contribution in [0.1, 0.15) is 41.0 Å². The summed E-state index contributed by atoms with van der Waals surface area (Å²) in [5.41, 5.74) is 6.00. The van der Waals surface area contributed by atoms with Crippen LogP contribution >= 0.6 is 12.2 Å². The number of nitrogens with one attached hydrogen (secondary N) is 1. The molecule has 0 bridgehead atoms. The van der Waals surface area contributed by atoms with E-state index < -0.39 is 0 Å². The molecule has 0 radical (unpaired) electrons. The van der Waals surface area contributed by atoms with Gasteiger partial charge in [-0.05, 0) is 80.0 Å². The van der Waals surface area contributed by atoms with Crippen LogP contribution in [0.15, 0.2) is 60.9 Å². The molecule has 2 aliphatic rings. The first-order valence-electron chi connectivity index (χ1n) is 12.1. The Labute approximate surface area is 207 Å². The number of morpholine rings is 1. The molecule has 2 aliphatic heterocycles. The predicted molar refractivity (Wildman–Crippen MR) is 139 cm³/mol. The van der Waals surface area contributed by atoms with E-state index in [9.17, 15) is 0 Å². The summed E-state index contributed by atoms with van der Waals surface area (Å²) in [6.45, 7) is 9.97. The molecule has 2 atom stereocenters. The lowest BCUT2D eigenvalue weighted by Gasteiger charge is -2.31. The molecular formula is C27H33N5OS. The third-order valence-electron chi connectivity index (χ3n) is 7.03. The van der Waals surface area contributed by atoms with Crippen LogP contribution in [0.5, 0.6) is 0 Å². The van der Waals surface area contributed by atoms with E-state index in [-0.39, 0.29) is 12.1 Å². The summed E-state index contributed by atoms with van der Waals surface area (Å²) in [7, 11) is 0. The third kappa shape index (κ3) is 4.73. The molecule has 1 N–H and O–H groups in total. The molecule has 4 heterocycles. The van der Waals surface area contributed by atoms with Gasteiger partial charge in [-0.15, -0.1) is 0 Å². The van der Waals surface area contributed by atoms with Crippen LogP contribution in [-0.4, -0.2) is 63.9 Å².